The summed E-state index contributed by atoms with van der Waals surface area (Å²) in [6, 6.07) is 12.9. The van der Waals surface area contributed by atoms with Gasteiger partial charge in [0.05, 0.1) is 18.4 Å². The van der Waals surface area contributed by atoms with Gasteiger partial charge in [-0.15, -0.1) is 6.42 Å². The van der Waals surface area contributed by atoms with Crippen molar-refractivity contribution in [2.45, 2.75) is 19.8 Å². The first kappa shape index (κ1) is 28.9. The molecule has 0 aliphatic heterocycles. The smallest absolute Gasteiger partial charge is 0.267 e. The fourth-order valence-electron chi connectivity index (χ4n) is 3.61. The number of ether oxygens (including phenoxy) is 3. The standard InChI is InChI=1S/C28H26N6O6S/c1-5-14-39-28-24(40-22-9-7-6-8-21(22)38-4)27(32-26(33-28)18-12-13-30-20(15-18)25(29)35)34(41(36)37)23-11-10-19(16-31-23)17(2)3/h1,6-13,15-17H,14H2,2-4H3,(H2,29,35)(H,36,37)/p-1. The van der Waals surface area contributed by atoms with E-state index in [0.717, 1.165) is 9.87 Å². The number of nitrogens with zero attached hydrogens (tertiary/aromatic N) is 5. The Bertz CT molecular complexity index is 1620. The molecule has 0 fully saturated rings. The molecule has 0 saturated heterocycles. The lowest BCUT2D eigenvalue weighted by Gasteiger charge is -2.27. The van der Waals surface area contributed by atoms with Crippen molar-refractivity contribution in [2.75, 3.05) is 18.0 Å². The summed E-state index contributed by atoms with van der Waals surface area (Å²) in [7, 11) is 1.46. The van der Waals surface area contributed by atoms with Crippen LogP contribution in [0, 0.1) is 12.3 Å². The Balaban J connectivity index is 2.01. The minimum atomic E-state index is -2.95. The van der Waals surface area contributed by atoms with E-state index in [4.69, 9.17) is 26.4 Å². The normalized spacial score (nSPS) is 11.4. The first-order valence-electron chi connectivity index (χ1n) is 12.1. The maximum atomic E-state index is 12.8. The number of para-hydroxylation sites is 2. The molecule has 1 amide bonds. The number of anilines is 2. The monoisotopic (exact) mass is 573 g/mol. The zero-order valence-corrected chi connectivity index (χ0v) is 23.1. The zero-order chi connectivity index (χ0) is 29.5. The van der Waals surface area contributed by atoms with E-state index < -0.39 is 17.2 Å². The molecule has 0 aliphatic rings. The Kier molecular flexibility index (Phi) is 9.08. The van der Waals surface area contributed by atoms with E-state index in [2.05, 4.69) is 25.9 Å². The molecule has 0 radical (unpaired) electrons. The van der Waals surface area contributed by atoms with Crippen LogP contribution in [0.3, 0.4) is 0 Å². The molecule has 1 atom stereocenters. The van der Waals surface area contributed by atoms with Gasteiger partial charge in [0.25, 0.3) is 11.8 Å². The molecule has 0 bridgehead atoms. The van der Waals surface area contributed by atoms with Gasteiger partial charge in [-0.1, -0.05) is 38.0 Å². The maximum absolute atomic E-state index is 12.8. The van der Waals surface area contributed by atoms with Gasteiger partial charge in [-0.05, 0) is 41.8 Å². The molecule has 3 heterocycles. The number of amides is 1. The van der Waals surface area contributed by atoms with Gasteiger partial charge in [-0.3, -0.25) is 14.0 Å². The van der Waals surface area contributed by atoms with Gasteiger partial charge >= 0.3 is 0 Å². The second kappa shape index (κ2) is 12.9. The number of primary amides is 1. The van der Waals surface area contributed by atoms with Crippen LogP contribution in [0.2, 0.25) is 0 Å². The number of benzene rings is 1. The minimum Gasteiger partial charge on any atom is -0.755 e. The molecule has 4 rings (SSSR count). The Morgan fingerprint density at radius 1 is 1.15 bits per heavy atom. The van der Waals surface area contributed by atoms with Crippen LogP contribution in [0.5, 0.6) is 23.1 Å². The summed E-state index contributed by atoms with van der Waals surface area (Å²) in [5.74, 6) is 1.69. The van der Waals surface area contributed by atoms with Crippen LogP contribution >= 0.6 is 0 Å². The van der Waals surface area contributed by atoms with E-state index >= 15 is 0 Å². The molecular formula is C28H25N6O6S-. The van der Waals surface area contributed by atoms with Gasteiger partial charge in [0, 0.05) is 18.0 Å². The molecule has 12 nitrogen and oxygen atoms in total. The van der Waals surface area contributed by atoms with Crippen molar-refractivity contribution in [1.82, 2.24) is 19.9 Å². The Morgan fingerprint density at radius 2 is 1.90 bits per heavy atom. The summed E-state index contributed by atoms with van der Waals surface area (Å²) < 4.78 is 43.6. The lowest BCUT2D eigenvalue weighted by Crippen LogP contribution is -2.23. The fourth-order valence-corrected chi connectivity index (χ4v) is 4.14. The van der Waals surface area contributed by atoms with E-state index in [1.807, 2.05) is 13.8 Å². The Hall–Kier alpha value is -5.06. The van der Waals surface area contributed by atoms with Gasteiger partial charge in [0.15, 0.2) is 29.7 Å². The summed E-state index contributed by atoms with van der Waals surface area (Å²) in [5.41, 5.74) is 6.54. The van der Waals surface area contributed by atoms with Crippen LogP contribution in [0.4, 0.5) is 11.6 Å². The van der Waals surface area contributed by atoms with Crippen LogP contribution in [-0.2, 0) is 11.3 Å². The van der Waals surface area contributed by atoms with Crippen LogP contribution in [0.15, 0.2) is 60.9 Å². The van der Waals surface area contributed by atoms with Crippen molar-refractivity contribution in [3.8, 4) is 46.9 Å². The number of hydrogen-bond donors (Lipinski definition) is 1. The molecule has 1 aromatic carbocycles. The number of nitrogens with two attached hydrogens (primary N) is 1. The molecule has 2 N–H and O–H groups in total. The van der Waals surface area contributed by atoms with Crippen LogP contribution in [-0.4, -0.2) is 48.3 Å². The quantitative estimate of drug-likeness (QED) is 0.205. The molecule has 0 spiro atoms. The Morgan fingerprint density at radius 3 is 2.51 bits per heavy atom. The van der Waals surface area contributed by atoms with Crippen LogP contribution in [0.25, 0.3) is 11.4 Å². The number of aromatic nitrogens is 4. The highest BCUT2D eigenvalue weighted by Crippen LogP contribution is 2.44. The predicted octanol–water partition coefficient (Wildman–Crippen LogP) is 3.90. The molecule has 0 aliphatic carbocycles. The van der Waals surface area contributed by atoms with Gasteiger partial charge in [0.1, 0.15) is 11.5 Å². The number of carbonyl (C=O) groups excluding carboxylic acids is 1. The van der Waals surface area contributed by atoms with E-state index in [0.29, 0.717) is 11.3 Å². The van der Waals surface area contributed by atoms with Crippen molar-refractivity contribution in [1.29, 1.82) is 0 Å². The maximum Gasteiger partial charge on any atom is 0.267 e. The second-order valence-electron chi connectivity index (χ2n) is 8.66. The second-order valence-corrected chi connectivity index (χ2v) is 9.46. The third kappa shape index (κ3) is 6.57. The third-order valence-electron chi connectivity index (χ3n) is 5.65. The average molecular weight is 574 g/mol. The van der Waals surface area contributed by atoms with Crippen molar-refractivity contribution in [3.63, 3.8) is 0 Å². The molecule has 41 heavy (non-hydrogen) atoms. The Labute approximate surface area is 239 Å². The number of hydrogen-bond acceptors (Lipinski definition) is 10. The van der Waals surface area contributed by atoms with Crippen LogP contribution in [0.1, 0.15) is 35.8 Å². The molecular weight excluding hydrogens is 548 g/mol. The molecule has 0 saturated carbocycles. The third-order valence-corrected chi connectivity index (χ3v) is 6.31. The predicted molar refractivity (Wildman–Crippen MR) is 151 cm³/mol. The highest BCUT2D eigenvalue weighted by molar-refractivity contribution is 7.81. The molecule has 1 unspecified atom stereocenters. The summed E-state index contributed by atoms with van der Waals surface area (Å²) >= 11 is -2.95. The number of rotatable bonds is 11. The number of terminal acetylenes is 1. The first-order chi connectivity index (χ1) is 19.7. The SMILES string of the molecule is C#CCOc1nc(-c2ccnc(C(N)=O)c2)nc(N(c2ccc(C(C)C)cn2)S(=O)[O-])c1Oc1ccccc1OC. The largest absolute Gasteiger partial charge is 0.755 e. The van der Waals surface area contributed by atoms with E-state index in [1.54, 1.807) is 42.6 Å². The highest BCUT2D eigenvalue weighted by atomic mass is 32.2. The van der Waals surface area contributed by atoms with Crippen molar-refractivity contribution >= 4 is 28.8 Å². The van der Waals surface area contributed by atoms with Crippen LogP contribution < -0.4 is 24.2 Å². The van der Waals surface area contributed by atoms with E-state index in [-0.39, 0.29) is 53.1 Å². The fraction of sp³-hybridized carbons (Fsp3) is 0.179. The molecule has 3 aromatic heterocycles. The summed E-state index contributed by atoms with van der Waals surface area (Å²) in [6.07, 6.45) is 8.36. The van der Waals surface area contributed by atoms with Gasteiger partial charge in [-0.25, -0.2) is 14.3 Å². The van der Waals surface area contributed by atoms with Gasteiger partial charge in [-0.2, -0.15) is 4.98 Å². The summed E-state index contributed by atoms with van der Waals surface area (Å²) in [4.78, 5) is 29.0. The first-order valence-corrected chi connectivity index (χ1v) is 13.2. The molecule has 4 aromatic rings. The lowest BCUT2D eigenvalue weighted by atomic mass is 10.1. The number of methoxy groups -OCH3 is 1. The highest BCUT2D eigenvalue weighted by Gasteiger charge is 2.27. The lowest BCUT2D eigenvalue weighted by molar-refractivity contribution is 0.0995. The van der Waals surface area contributed by atoms with Gasteiger partial charge < -0.3 is 24.5 Å². The van der Waals surface area contributed by atoms with E-state index in [9.17, 15) is 13.6 Å². The van der Waals surface area contributed by atoms with Crippen molar-refractivity contribution in [3.05, 3.63) is 72.2 Å². The molecule has 13 heteroatoms. The van der Waals surface area contributed by atoms with E-state index in [1.165, 1.54) is 25.4 Å². The number of pyridine rings is 2. The number of carbonyl (C=O) groups is 1. The summed E-state index contributed by atoms with van der Waals surface area (Å²) in [5, 5.41) is 0. The minimum absolute atomic E-state index is 0.0210. The van der Waals surface area contributed by atoms with Crippen molar-refractivity contribution < 1.29 is 27.8 Å². The van der Waals surface area contributed by atoms with Crippen molar-refractivity contribution in [2.24, 2.45) is 5.73 Å². The van der Waals surface area contributed by atoms with Gasteiger partial charge in [0.2, 0.25) is 5.75 Å². The zero-order valence-electron chi connectivity index (χ0n) is 22.3. The summed E-state index contributed by atoms with van der Waals surface area (Å²) in [6.45, 7) is 3.74. The average Bonchev–Trinajstić information content (AvgIpc) is 2.97. The molecule has 210 valence electrons. The topological polar surface area (TPSA) is 166 Å².